The number of hydrogen-bond acceptors (Lipinski definition) is 4. The highest BCUT2D eigenvalue weighted by Crippen LogP contribution is 2.25. The largest absolute Gasteiger partial charge is 0.388 e. The first-order valence-corrected chi connectivity index (χ1v) is 7.13. The normalized spacial score (nSPS) is 30.4. The van der Waals surface area contributed by atoms with Crippen LogP contribution >= 0.6 is 11.8 Å². The molecule has 4 N–H and O–H groups in total. The van der Waals surface area contributed by atoms with Gasteiger partial charge in [0, 0.05) is 18.3 Å². The summed E-state index contributed by atoms with van der Waals surface area (Å²) in [6.45, 7) is 3.33. The third kappa shape index (κ3) is 4.31. The van der Waals surface area contributed by atoms with Gasteiger partial charge in [-0.2, -0.15) is 11.8 Å². The van der Waals surface area contributed by atoms with Crippen LogP contribution in [0.1, 0.15) is 26.2 Å². The molecule has 0 saturated heterocycles. The van der Waals surface area contributed by atoms with E-state index < -0.39 is 5.60 Å². The maximum absolute atomic E-state index is 10.0. The van der Waals surface area contributed by atoms with E-state index in [1.165, 1.54) is 19.3 Å². The van der Waals surface area contributed by atoms with Crippen molar-refractivity contribution >= 4 is 11.8 Å². The molecule has 0 heterocycles. The Morgan fingerprint density at radius 3 is 2.87 bits per heavy atom. The van der Waals surface area contributed by atoms with Crippen LogP contribution in [0.5, 0.6) is 0 Å². The van der Waals surface area contributed by atoms with E-state index >= 15 is 0 Å². The van der Waals surface area contributed by atoms with E-state index in [0.717, 1.165) is 12.3 Å². The molecule has 1 aliphatic rings. The number of rotatable bonds is 6. The molecule has 15 heavy (non-hydrogen) atoms. The summed E-state index contributed by atoms with van der Waals surface area (Å²) < 4.78 is 0. The minimum atomic E-state index is -0.596. The highest BCUT2D eigenvalue weighted by atomic mass is 32.2. The molecule has 0 aromatic rings. The Bertz CT molecular complexity index is 187. The first-order valence-electron chi connectivity index (χ1n) is 5.74. The molecule has 1 aliphatic carbocycles. The van der Waals surface area contributed by atoms with Gasteiger partial charge in [-0.25, -0.2) is 0 Å². The van der Waals surface area contributed by atoms with Gasteiger partial charge < -0.3 is 16.2 Å². The van der Waals surface area contributed by atoms with Crippen LogP contribution in [0.3, 0.4) is 0 Å². The number of nitrogens with two attached hydrogens (primary N) is 1. The number of thioether (sulfide) groups is 1. The van der Waals surface area contributed by atoms with Gasteiger partial charge >= 0.3 is 0 Å². The Hall–Kier alpha value is 0.230. The van der Waals surface area contributed by atoms with Crippen molar-refractivity contribution in [3.8, 4) is 0 Å². The summed E-state index contributed by atoms with van der Waals surface area (Å²) in [5, 5.41) is 13.5. The Labute approximate surface area is 97.2 Å². The van der Waals surface area contributed by atoms with E-state index in [2.05, 4.69) is 5.32 Å². The maximum Gasteiger partial charge on any atom is 0.0833 e. The molecule has 4 heteroatoms. The fraction of sp³-hybridized carbons (Fsp3) is 1.00. The van der Waals surface area contributed by atoms with Crippen LogP contribution in [0.4, 0.5) is 0 Å². The van der Waals surface area contributed by atoms with Crippen LogP contribution in [-0.2, 0) is 0 Å². The maximum atomic E-state index is 10.0. The van der Waals surface area contributed by atoms with Crippen molar-refractivity contribution in [3.05, 3.63) is 0 Å². The summed E-state index contributed by atoms with van der Waals surface area (Å²) in [4.78, 5) is 0. The molecule has 3 atom stereocenters. The monoisotopic (exact) mass is 232 g/mol. The molecular weight excluding hydrogens is 208 g/mol. The van der Waals surface area contributed by atoms with Gasteiger partial charge in [0.15, 0.2) is 0 Å². The van der Waals surface area contributed by atoms with Crippen molar-refractivity contribution in [2.45, 2.75) is 37.8 Å². The lowest BCUT2D eigenvalue weighted by Gasteiger charge is -2.27. The predicted octanol–water partition coefficient (Wildman–Crippen LogP) is 0.817. The van der Waals surface area contributed by atoms with Crippen molar-refractivity contribution in [2.24, 2.45) is 11.7 Å². The van der Waals surface area contributed by atoms with E-state index in [1.54, 1.807) is 11.8 Å². The van der Waals surface area contributed by atoms with Gasteiger partial charge in [-0.05, 0) is 38.5 Å². The van der Waals surface area contributed by atoms with Gasteiger partial charge in [-0.15, -0.1) is 0 Å². The van der Waals surface area contributed by atoms with E-state index in [4.69, 9.17) is 5.73 Å². The van der Waals surface area contributed by atoms with Crippen LogP contribution in [0.2, 0.25) is 0 Å². The quantitative estimate of drug-likeness (QED) is 0.634. The van der Waals surface area contributed by atoms with Crippen molar-refractivity contribution in [1.29, 1.82) is 0 Å². The predicted molar refractivity (Wildman–Crippen MR) is 67.2 cm³/mol. The molecule has 1 saturated carbocycles. The topological polar surface area (TPSA) is 58.3 Å². The molecule has 1 fully saturated rings. The summed E-state index contributed by atoms with van der Waals surface area (Å²) >= 11 is 1.68. The molecule has 0 spiro atoms. The van der Waals surface area contributed by atoms with E-state index in [9.17, 15) is 5.11 Å². The molecule has 90 valence electrons. The SMILES string of the molecule is CSCC(C)(O)CNC1CCCC1CN. The molecule has 0 amide bonds. The molecular formula is C11H24N2OS. The van der Waals surface area contributed by atoms with Gasteiger partial charge in [0.2, 0.25) is 0 Å². The minimum Gasteiger partial charge on any atom is -0.388 e. The number of nitrogens with one attached hydrogen (secondary N) is 1. The summed E-state index contributed by atoms with van der Waals surface area (Å²) in [6, 6.07) is 0.517. The Morgan fingerprint density at radius 2 is 2.27 bits per heavy atom. The van der Waals surface area contributed by atoms with Crippen LogP contribution < -0.4 is 11.1 Å². The first-order chi connectivity index (χ1) is 7.09. The van der Waals surface area contributed by atoms with E-state index in [1.807, 2.05) is 13.2 Å². The third-order valence-corrected chi connectivity index (χ3v) is 4.07. The van der Waals surface area contributed by atoms with Crippen LogP contribution in [0, 0.1) is 5.92 Å². The second kappa shape index (κ2) is 6.09. The summed E-state index contributed by atoms with van der Waals surface area (Å²) in [5.74, 6) is 1.38. The summed E-state index contributed by atoms with van der Waals surface area (Å²) in [5.41, 5.74) is 5.12. The van der Waals surface area contributed by atoms with Gasteiger partial charge in [-0.1, -0.05) is 6.42 Å². The standard InChI is InChI=1S/C11H24N2OS/c1-11(14,8-15-2)7-13-10-5-3-4-9(10)6-12/h9-10,13-14H,3-8,12H2,1-2H3. The number of hydrogen-bond donors (Lipinski definition) is 3. The molecule has 3 nitrogen and oxygen atoms in total. The minimum absolute atomic E-state index is 0.517. The fourth-order valence-corrected chi connectivity index (χ4v) is 3.02. The van der Waals surface area contributed by atoms with E-state index in [-0.39, 0.29) is 0 Å². The first kappa shape index (κ1) is 13.3. The zero-order chi connectivity index (χ0) is 11.3. The molecule has 0 bridgehead atoms. The third-order valence-electron chi connectivity index (χ3n) is 3.16. The lowest BCUT2D eigenvalue weighted by atomic mass is 10.0. The van der Waals surface area contributed by atoms with Gasteiger partial charge in [0.05, 0.1) is 5.60 Å². The van der Waals surface area contributed by atoms with Crippen LogP contribution in [0.25, 0.3) is 0 Å². The highest BCUT2D eigenvalue weighted by Gasteiger charge is 2.28. The average Bonchev–Trinajstić information content (AvgIpc) is 2.62. The van der Waals surface area contributed by atoms with Crippen molar-refractivity contribution in [3.63, 3.8) is 0 Å². The van der Waals surface area contributed by atoms with Gasteiger partial charge in [0.1, 0.15) is 0 Å². The average molecular weight is 232 g/mol. The van der Waals surface area contributed by atoms with Gasteiger partial charge in [-0.3, -0.25) is 0 Å². The summed E-state index contributed by atoms with van der Waals surface area (Å²) in [6.07, 6.45) is 5.73. The fourth-order valence-electron chi connectivity index (χ4n) is 2.30. The molecule has 0 aromatic carbocycles. The zero-order valence-electron chi connectivity index (χ0n) is 9.83. The Kier molecular flexibility index (Phi) is 5.39. The van der Waals surface area contributed by atoms with Crippen LogP contribution in [-0.4, -0.2) is 41.8 Å². The van der Waals surface area contributed by atoms with Crippen molar-refractivity contribution in [2.75, 3.05) is 25.1 Å². The smallest absolute Gasteiger partial charge is 0.0833 e. The zero-order valence-corrected chi connectivity index (χ0v) is 10.6. The molecule has 1 rings (SSSR count). The highest BCUT2D eigenvalue weighted by molar-refractivity contribution is 7.98. The number of aliphatic hydroxyl groups is 1. The van der Waals surface area contributed by atoms with E-state index in [0.29, 0.717) is 18.5 Å². The van der Waals surface area contributed by atoms with Crippen LogP contribution in [0.15, 0.2) is 0 Å². The summed E-state index contributed by atoms with van der Waals surface area (Å²) in [7, 11) is 0. The Balaban J connectivity index is 2.29. The molecule has 3 unspecified atom stereocenters. The van der Waals surface area contributed by atoms with Crippen molar-refractivity contribution in [1.82, 2.24) is 5.32 Å². The van der Waals surface area contributed by atoms with Crippen molar-refractivity contribution < 1.29 is 5.11 Å². The van der Waals surface area contributed by atoms with Gasteiger partial charge in [0.25, 0.3) is 0 Å². The molecule has 0 aliphatic heterocycles. The second-order valence-corrected chi connectivity index (χ2v) is 5.71. The lowest BCUT2D eigenvalue weighted by Crippen LogP contribution is -2.46. The molecule has 0 aromatic heterocycles. The Morgan fingerprint density at radius 1 is 1.53 bits per heavy atom. The molecule has 0 radical (unpaired) electrons. The second-order valence-electron chi connectivity index (χ2n) is 4.84. The lowest BCUT2D eigenvalue weighted by molar-refractivity contribution is 0.0797.